The molecule has 15 nitrogen and oxygen atoms in total. The van der Waals surface area contributed by atoms with E-state index in [4.69, 9.17) is 42.0 Å². The summed E-state index contributed by atoms with van der Waals surface area (Å²) in [5.41, 5.74) is 3.64. The molecule has 0 radical (unpaired) electrons. The van der Waals surface area contributed by atoms with Crippen LogP contribution in [0, 0.1) is 0 Å². The number of rotatable bonds is 11. The van der Waals surface area contributed by atoms with E-state index in [1.165, 1.54) is 11.0 Å². The number of benzene rings is 3. The van der Waals surface area contributed by atoms with Crippen LogP contribution in [0.1, 0.15) is 31.9 Å². The van der Waals surface area contributed by atoms with Gasteiger partial charge in [-0.15, -0.1) is 0 Å². The lowest BCUT2D eigenvalue weighted by molar-refractivity contribution is -0.190. The highest BCUT2D eigenvalue weighted by Crippen LogP contribution is 2.40. The number of ether oxygens (including phenoxy) is 3. The van der Waals surface area contributed by atoms with Gasteiger partial charge in [0, 0.05) is 48.1 Å². The molecule has 0 bridgehead atoms. The number of hydrogen-bond acceptors (Lipinski definition) is 11. The van der Waals surface area contributed by atoms with Crippen LogP contribution >= 0.6 is 23.2 Å². The van der Waals surface area contributed by atoms with E-state index in [0.29, 0.717) is 35.1 Å². The third-order valence-electron chi connectivity index (χ3n) is 9.15. The molecule has 2 saturated heterocycles. The van der Waals surface area contributed by atoms with E-state index >= 15 is 0 Å². The van der Waals surface area contributed by atoms with Gasteiger partial charge in [-0.25, -0.2) is 23.7 Å². The summed E-state index contributed by atoms with van der Waals surface area (Å²) in [6.07, 6.45) is 5.90. The molecule has 0 saturated carbocycles. The van der Waals surface area contributed by atoms with Crippen LogP contribution in [-0.4, -0.2) is 93.8 Å². The number of hydrogen-bond donors (Lipinski definition) is 1. The Hall–Kier alpha value is -4.45. The van der Waals surface area contributed by atoms with Crippen LogP contribution in [0.25, 0.3) is 5.69 Å². The van der Waals surface area contributed by atoms with E-state index in [0.717, 1.165) is 55.4 Å². The zero-order chi connectivity index (χ0) is 38.5. The third-order valence-corrected chi connectivity index (χ3v) is 9.70. The smallest absolute Gasteiger partial charge is 0.350 e. The van der Waals surface area contributed by atoms with E-state index in [9.17, 15) is 13.2 Å². The molecule has 2 aliphatic heterocycles. The lowest BCUT2D eigenvalue weighted by Crippen LogP contribution is -2.46. The first kappa shape index (κ1) is 39.2. The van der Waals surface area contributed by atoms with Gasteiger partial charge in [0.25, 0.3) is 10.1 Å². The van der Waals surface area contributed by atoms with Crippen molar-refractivity contribution in [3.63, 3.8) is 0 Å². The normalized spacial score (nSPS) is 19.3. The van der Waals surface area contributed by atoms with E-state index in [1.54, 1.807) is 34.0 Å². The Morgan fingerprint density at radius 2 is 1.56 bits per heavy atom. The van der Waals surface area contributed by atoms with E-state index in [1.807, 2.05) is 44.2 Å². The van der Waals surface area contributed by atoms with Gasteiger partial charge >= 0.3 is 5.69 Å². The minimum atomic E-state index is -3.67. The van der Waals surface area contributed by atoms with E-state index in [-0.39, 0.29) is 24.4 Å². The second-order valence-corrected chi connectivity index (χ2v) is 15.3. The molecule has 7 rings (SSSR count). The monoisotopic (exact) mass is 800 g/mol. The molecule has 1 N–H and O–H groups in total. The average molecular weight is 802 g/mol. The van der Waals surface area contributed by atoms with Crippen molar-refractivity contribution < 1.29 is 27.2 Å². The largest absolute Gasteiger partial charge is 0.491 e. The van der Waals surface area contributed by atoms with Crippen LogP contribution < -0.4 is 20.2 Å². The maximum atomic E-state index is 12.8. The molecule has 18 heteroatoms. The third kappa shape index (κ3) is 9.61. The Morgan fingerprint density at radius 3 is 2.13 bits per heavy atom. The van der Waals surface area contributed by atoms with Gasteiger partial charge in [-0.2, -0.15) is 18.6 Å². The topological polar surface area (TPSA) is 159 Å². The predicted molar refractivity (Wildman–Crippen MR) is 206 cm³/mol. The predicted octanol–water partition coefficient (Wildman–Crippen LogP) is 5.08. The number of piperazine rings is 1. The lowest BCUT2D eigenvalue weighted by atomic mass is 10.1. The van der Waals surface area contributed by atoms with Gasteiger partial charge < -0.3 is 24.0 Å². The standard InChI is InChI=1S/C35H38Cl2N8O4.CH4O3S/c1-3-25(2)45-34(46)44(24-40-45)29-7-5-27(6-8-29)41-14-16-42(17-15-41)28-9-11-30(12-10-28)47-19-31-20-48-35(49-31,21-43-23-38-22-39-43)32-13-4-26(36)18-33(32)37;1-5(2,3)4/h4-13,18,22-25,31H,3,14-17,19-21H2,1-2H3;1H3,(H,2,3,4)/t25?,31-,35-;/m0./s1. The number of aromatic nitrogens is 6. The van der Waals surface area contributed by atoms with Crippen molar-refractivity contribution in [1.82, 2.24) is 29.1 Å². The van der Waals surface area contributed by atoms with Gasteiger partial charge in [-0.05, 0) is 74.0 Å². The van der Waals surface area contributed by atoms with Crippen LogP contribution in [0.2, 0.25) is 10.0 Å². The van der Waals surface area contributed by atoms with Gasteiger partial charge in [-0.3, -0.25) is 4.55 Å². The molecule has 0 spiro atoms. The van der Waals surface area contributed by atoms with Crippen molar-refractivity contribution >= 4 is 44.7 Å². The second kappa shape index (κ2) is 16.9. The highest BCUT2D eigenvalue weighted by atomic mass is 35.5. The molecule has 3 atom stereocenters. The van der Waals surface area contributed by atoms with Crippen molar-refractivity contribution in [1.29, 1.82) is 0 Å². The summed E-state index contributed by atoms with van der Waals surface area (Å²) in [6.45, 7) is 8.48. The van der Waals surface area contributed by atoms with Crippen molar-refractivity contribution in [3.05, 3.63) is 112 Å². The summed E-state index contributed by atoms with van der Waals surface area (Å²) in [6, 6.07) is 21.6. The fourth-order valence-electron chi connectivity index (χ4n) is 6.24. The summed E-state index contributed by atoms with van der Waals surface area (Å²) in [5, 5.41) is 9.50. The van der Waals surface area contributed by atoms with E-state index < -0.39 is 15.9 Å². The van der Waals surface area contributed by atoms with Crippen molar-refractivity contribution in [2.45, 2.75) is 44.7 Å². The van der Waals surface area contributed by atoms with Gasteiger partial charge in [0.15, 0.2) is 0 Å². The molecule has 3 aromatic carbocycles. The maximum Gasteiger partial charge on any atom is 0.350 e. The van der Waals surface area contributed by atoms with Crippen LogP contribution in [0.15, 0.2) is 90.5 Å². The fraction of sp³-hybridized carbons (Fsp3) is 0.389. The Balaban J connectivity index is 0.000000934. The van der Waals surface area contributed by atoms with Crippen LogP contribution in [0.5, 0.6) is 5.75 Å². The number of nitrogens with zero attached hydrogens (tertiary/aromatic N) is 8. The highest BCUT2D eigenvalue weighted by molar-refractivity contribution is 7.85. The summed E-state index contributed by atoms with van der Waals surface area (Å²) < 4.78 is 49.5. The van der Waals surface area contributed by atoms with Gasteiger partial charge in [0.2, 0.25) is 5.79 Å². The van der Waals surface area contributed by atoms with Crippen molar-refractivity contribution in [2.24, 2.45) is 0 Å². The fourth-order valence-corrected chi connectivity index (χ4v) is 6.79. The molecule has 0 amide bonds. The molecule has 0 aliphatic carbocycles. The summed E-state index contributed by atoms with van der Waals surface area (Å²) in [5.74, 6) is -0.410. The quantitative estimate of drug-likeness (QED) is 0.177. The Kier molecular flexibility index (Phi) is 12.3. The summed E-state index contributed by atoms with van der Waals surface area (Å²) in [4.78, 5) is 21.6. The lowest BCUT2D eigenvalue weighted by Gasteiger charge is -2.37. The zero-order valence-corrected chi connectivity index (χ0v) is 32.4. The number of halogens is 2. The van der Waals surface area contributed by atoms with Gasteiger partial charge in [0.1, 0.15) is 44.0 Å². The van der Waals surface area contributed by atoms with Gasteiger partial charge in [-0.1, -0.05) is 36.2 Å². The molecular formula is C36H42Cl2N8O7S. The van der Waals surface area contributed by atoms with Gasteiger partial charge in [0.05, 0.1) is 29.6 Å². The molecule has 54 heavy (non-hydrogen) atoms. The van der Waals surface area contributed by atoms with Crippen LogP contribution in [0.3, 0.4) is 0 Å². The first-order chi connectivity index (χ1) is 25.8. The first-order valence-electron chi connectivity index (χ1n) is 17.3. The van der Waals surface area contributed by atoms with Crippen LogP contribution in [0.4, 0.5) is 11.4 Å². The zero-order valence-electron chi connectivity index (χ0n) is 30.0. The summed E-state index contributed by atoms with van der Waals surface area (Å²) >= 11 is 12.7. The molecule has 288 valence electrons. The molecule has 2 aliphatic rings. The SMILES string of the molecule is CCC(C)n1ncn(-c2ccc(N3CCN(c4ccc(OC[C@H]5CO[C@](Cn6cncn6)(c6ccc(Cl)cc6Cl)O5)cc4)CC3)cc2)c1=O.CS(=O)(=O)O. The molecule has 4 heterocycles. The van der Waals surface area contributed by atoms with Crippen molar-refractivity contribution in [2.75, 3.05) is 55.4 Å². The number of anilines is 2. The minimum absolute atomic E-state index is 0.0645. The van der Waals surface area contributed by atoms with E-state index in [2.05, 4.69) is 49.2 Å². The average Bonchev–Trinajstić information content (AvgIpc) is 3.91. The molecular weight excluding hydrogens is 759 g/mol. The molecule has 1 unspecified atom stereocenters. The highest BCUT2D eigenvalue weighted by Gasteiger charge is 2.45. The Bertz CT molecular complexity index is 2150. The second-order valence-electron chi connectivity index (χ2n) is 13.0. The Labute approximate surface area is 323 Å². The molecule has 2 fully saturated rings. The summed E-state index contributed by atoms with van der Waals surface area (Å²) in [7, 11) is -3.67. The Morgan fingerprint density at radius 1 is 0.944 bits per heavy atom. The molecule has 2 aromatic heterocycles. The molecule has 5 aromatic rings. The minimum Gasteiger partial charge on any atom is -0.491 e. The maximum absolute atomic E-state index is 12.8. The first-order valence-corrected chi connectivity index (χ1v) is 19.9. The van der Waals surface area contributed by atoms with Crippen molar-refractivity contribution in [3.8, 4) is 11.4 Å². The van der Waals surface area contributed by atoms with Crippen LogP contribution in [-0.2, 0) is 31.9 Å².